The summed E-state index contributed by atoms with van der Waals surface area (Å²) in [5, 5.41) is 6.19. The number of nitrogens with zero attached hydrogens (tertiary/aromatic N) is 2. The molecule has 5 rings (SSSR count). The van der Waals surface area contributed by atoms with E-state index in [0.717, 1.165) is 12.0 Å². The van der Waals surface area contributed by atoms with E-state index in [2.05, 4.69) is 34.4 Å². The van der Waals surface area contributed by atoms with E-state index in [0.29, 0.717) is 24.2 Å². The second kappa shape index (κ2) is 15.1. The molecule has 0 bridgehead atoms. The number of rotatable bonds is 11. The van der Waals surface area contributed by atoms with Gasteiger partial charge in [0.15, 0.2) is 0 Å². The predicted molar refractivity (Wildman–Crippen MR) is 163 cm³/mol. The predicted octanol–water partition coefficient (Wildman–Crippen LogP) is 5.32. The molecule has 2 amide bonds. The van der Waals surface area contributed by atoms with Crippen molar-refractivity contribution in [2.75, 3.05) is 0 Å². The fraction of sp³-hybridized carbons (Fsp3) is 0.636. The number of hydrogen-bond donors (Lipinski definition) is 2. The molecular formula is C33H47BN4O4. The standard InChI is InChI=1S/C33H47BN4O4/c1-23(2)20-29(34-41-30(25-14-8-4-9-15-25)31(42-34)26-16-10-5-11-17-26)38-32(39)27(21-24-12-6-3-7-13-24)37-33(40)28-22-35-18-19-36-28/h3,6-7,12-13,18-19,22-23,25-27,29-31H,4-5,8-11,14-17,20-21H2,1-2H3,(H,37,40)(H,38,39)/t27-,29-,30+,31+/m0/s1. The maximum atomic E-state index is 14.0. The molecule has 2 aliphatic carbocycles. The summed E-state index contributed by atoms with van der Waals surface area (Å²) in [6.07, 6.45) is 18.0. The van der Waals surface area contributed by atoms with Crippen molar-refractivity contribution in [2.45, 2.75) is 115 Å². The quantitative estimate of drug-likeness (QED) is 0.352. The molecule has 42 heavy (non-hydrogen) atoms. The third-order valence-corrected chi connectivity index (χ3v) is 9.22. The molecule has 4 atom stereocenters. The van der Waals surface area contributed by atoms with Gasteiger partial charge in [0.1, 0.15) is 11.7 Å². The van der Waals surface area contributed by atoms with Crippen LogP contribution in [0.2, 0.25) is 0 Å². The number of carbonyl (C=O) groups excluding carboxylic acids is 2. The largest absolute Gasteiger partial charge is 0.481 e. The molecule has 2 N–H and O–H groups in total. The van der Waals surface area contributed by atoms with Gasteiger partial charge < -0.3 is 19.9 Å². The Morgan fingerprint density at radius 1 is 0.881 bits per heavy atom. The van der Waals surface area contributed by atoms with Gasteiger partial charge in [-0.2, -0.15) is 0 Å². The Morgan fingerprint density at radius 2 is 1.50 bits per heavy atom. The van der Waals surface area contributed by atoms with Crippen molar-refractivity contribution in [3.05, 3.63) is 60.2 Å². The Bertz CT molecular complexity index is 1100. The van der Waals surface area contributed by atoms with Crippen molar-refractivity contribution >= 4 is 18.9 Å². The molecule has 0 spiro atoms. The van der Waals surface area contributed by atoms with Crippen molar-refractivity contribution in [1.82, 2.24) is 20.6 Å². The van der Waals surface area contributed by atoms with Gasteiger partial charge >= 0.3 is 7.12 Å². The molecule has 0 radical (unpaired) electrons. The second-order valence-corrected chi connectivity index (χ2v) is 12.9. The maximum absolute atomic E-state index is 14.0. The summed E-state index contributed by atoms with van der Waals surface area (Å²) < 4.78 is 13.7. The lowest BCUT2D eigenvalue weighted by Gasteiger charge is -2.35. The van der Waals surface area contributed by atoms with Gasteiger partial charge in [0, 0.05) is 18.8 Å². The van der Waals surface area contributed by atoms with E-state index in [9.17, 15) is 9.59 Å². The van der Waals surface area contributed by atoms with Gasteiger partial charge in [0.25, 0.3) is 5.91 Å². The van der Waals surface area contributed by atoms with E-state index < -0.39 is 19.1 Å². The van der Waals surface area contributed by atoms with Crippen molar-refractivity contribution in [2.24, 2.45) is 17.8 Å². The SMILES string of the molecule is CC(C)C[C@H](NC(=O)[C@H](Cc1ccccc1)NC(=O)c1cnccn1)B1O[C@H](C2CCCCC2)[C@@H](C2CCCCC2)O1. The van der Waals surface area contributed by atoms with Crippen LogP contribution in [0.3, 0.4) is 0 Å². The van der Waals surface area contributed by atoms with E-state index in [4.69, 9.17) is 9.31 Å². The molecule has 226 valence electrons. The van der Waals surface area contributed by atoms with Gasteiger partial charge in [-0.15, -0.1) is 0 Å². The molecule has 1 aromatic heterocycles. The number of amides is 2. The molecule has 1 aromatic carbocycles. The number of nitrogens with one attached hydrogen (secondary N) is 2. The first-order valence-electron chi connectivity index (χ1n) is 16.2. The van der Waals surface area contributed by atoms with Gasteiger partial charge in [-0.05, 0) is 55.4 Å². The van der Waals surface area contributed by atoms with Crippen LogP contribution in [0.1, 0.15) is 101 Å². The van der Waals surface area contributed by atoms with Crippen LogP contribution in [0.4, 0.5) is 0 Å². The Labute approximate surface area is 251 Å². The monoisotopic (exact) mass is 574 g/mol. The molecule has 8 nitrogen and oxygen atoms in total. The minimum atomic E-state index is -0.791. The lowest BCUT2D eigenvalue weighted by atomic mass is 9.73. The topological polar surface area (TPSA) is 102 Å². The first-order valence-corrected chi connectivity index (χ1v) is 16.2. The third kappa shape index (κ3) is 8.19. The van der Waals surface area contributed by atoms with Crippen molar-refractivity contribution in [1.29, 1.82) is 0 Å². The molecule has 2 saturated carbocycles. The Balaban J connectivity index is 1.34. The summed E-state index contributed by atoms with van der Waals surface area (Å²) in [4.78, 5) is 35.1. The normalized spacial score (nSPS) is 23.5. The fourth-order valence-corrected chi connectivity index (χ4v) is 7.11. The average molecular weight is 575 g/mol. The van der Waals surface area contributed by atoms with E-state index in [1.165, 1.54) is 82.8 Å². The van der Waals surface area contributed by atoms with Gasteiger partial charge in [-0.3, -0.25) is 14.6 Å². The molecule has 3 aliphatic rings. The van der Waals surface area contributed by atoms with E-state index in [-0.39, 0.29) is 29.8 Å². The summed E-state index contributed by atoms with van der Waals surface area (Å²) in [5.41, 5.74) is 1.13. The van der Waals surface area contributed by atoms with Crippen LogP contribution >= 0.6 is 0 Å². The Hall–Kier alpha value is -2.78. The number of benzene rings is 1. The summed E-state index contributed by atoms with van der Waals surface area (Å²) >= 11 is 0. The highest BCUT2D eigenvalue weighted by Gasteiger charge is 2.50. The highest BCUT2D eigenvalue weighted by atomic mass is 16.7. The van der Waals surface area contributed by atoms with Gasteiger partial charge in [-0.25, -0.2) is 4.98 Å². The van der Waals surface area contributed by atoms with E-state index >= 15 is 0 Å². The first kappa shape index (κ1) is 30.7. The van der Waals surface area contributed by atoms with E-state index in [1.54, 1.807) is 0 Å². The number of aromatic nitrogens is 2. The molecule has 3 fully saturated rings. The summed E-state index contributed by atoms with van der Waals surface area (Å²) in [6, 6.07) is 8.96. The van der Waals surface area contributed by atoms with Crippen LogP contribution in [-0.4, -0.2) is 53.1 Å². The minimum Gasteiger partial charge on any atom is -0.404 e. The van der Waals surface area contributed by atoms with Crippen molar-refractivity contribution in [3.8, 4) is 0 Å². The third-order valence-electron chi connectivity index (χ3n) is 9.22. The molecule has 9 heteroatoms. The zero-order valence-corrected chi connectivity index (χ0v) is 25.3. The van der Waals surface area contributed by atoms with Gasteiger partial charge in [0.2, 0.25) is 5.91 Å². The lowest BCUT2D eigenvalue weighted by molar-refractivity contribution is -0.123. The van der Waals surface area contributed by atoms with Crippen LogP contribution < -0.4 is 10.6 Å². The number of carbonyl (C=O) groups is 2. The zero-order chi connectivity index (χ0) is 29.3. The molecule has 2 aromatic rings. The molecule has 1 saturated heterocycles. The summed E-state index contributed by atoms with van der Waals surface area (Å²) in [6.45, 7) is 4.31. The lowest BCUT2D eigenvalue weighted by Crippen LogP contribution is -2.55. The highest BCUT2D eigenvalue weighted by molar-refractivity contribution is 6.47. The number of hydrogen-bond acceptors (Lipinski definition) is 6. The van der Waals surface area contributed by atoms with Crippen LogP contribution in [0.15, 0.2) is 48.9 Å². The van der Waals surface area contributed by atoms with Crippen molar-refractivity contribution in [3.63, 3.8) is 0 Å². The van der Waals surface area contributed by atoms with Crippen molar-refractivity contribution < 1.29 is 18.9 Å². The minimum absolute atomic E-state index is 0.0847. The van der Waals surface area contributed by atoms with Crippen LogP contribution in [-0.2, 0) is 20.5 Å². The fourth-order valence-electron chi connectivity index (χ4n) is 7.11. The smallest absolute Gasteiger partial charge is 0.404 e. The van der Waals surface area contributed by atoms with Crippen LogP contribution in [0.25, 0.3) is 0 Å². The van der Waals surface area contributed by atoms with Crippen LogP contribution in [0.5, 0.6) is 0 Å². The highest BCUT2D eigenvalue weighted by Crippen LogP contribution is 2.41. The van der Waals surface area contributed by atoms with Gasteiger partial charge in [0.05, 0.1) is 24.3 Å². The van der Waals surface area contributed by atoms with Gasteiger partial charge in [-0.1, -0.05) is 82.7 Å². The molecule has 2 heterocycles. The average Bonchev–Trinajstić information content (AvgIpc) is 3.48. The molecular weight excluding hydrogens is 527 g/mol. The summed E-state index contributed by atoms with van der Waals surface area (Å²) in [7, 11) is -0.497. The van der Waals surface area contributed by atoms with E-state index in [1.807, 2.05) is 30.3 Å². The first-order chi connectivity index (χ1) is 20.5. The van der Waals surface area contributed by atoms with Crippen LogP contribution in [0, 0.1) is 17.8 Å². The Kier molecular flexibility index (Phi) is 11.0. The second-order valence-electron chi connectivity index (χ2n) is 12.9. The maximum Gasteiger partial charge on any atom is 0.481 e. The zero-order valence-electron chi connectivity index (χ0n) is 25.3. The molecule has 1 aliphatic heterocycles. The molecule has 0 unspecified atom stereocenters. The summed E-state index contributed by atoms with van der Waals surface area (Å²) in [5.74, 6) is 0.369. The Morgan fingerprint density at radius 3 is 2.05 bits per heavy atom.